The van der Waals surface area contributed by atoms with E-state index in [4.69, 9.17) is 4.74 Å². The van der Waals surface area contributed by atoms with Crippen LogP contribution in [0.2, 0.25) is 0 Å². The van der Waals surface area contributed by atoms with Gasteiger partial charge in [0.05, 0.1) is 15.7 Å². The average molecular weight is 378 g/mol. The molecule has 4 rings (SSSR count). The van der Waals surface area contributed by atoms with E-state index in [1.807, 2.05) is 35.5 Å². The van der Waals surface area contributed by atoms with E-state index >= 15 is 0 Å². The largest absolute Gasteiger partial charge is 0.381 e. The molecule has 0 spiro atoms. The van der Waals surface area contributed by atoms with Crippen molar-refractivity contribution < 1.29 is 9.53 Å². The van der Waals surface area contributed by atoms with Crippen molar-refractivity contribution >= 4 is 39.2 Å². The Hall–Kier alpha value is -1.15. The zero-order chi connectivity index (χ0) is 17.1. The van der Waals surface area contributed by atoms with E-state index < -0.39 is 0 Å². The third-order valence-corrected chi connectivity index (χ3v) is 7.01. The summed E-state index contributed by atoms with van der Waals surface area (Å²) in [7, 11) is 0. The number of thiazole rings is 1. The average Bonchev–Trinajstić information content (AvgIpc) is 3.15. The topological polar surface area (TPSA) is 54.5 Å². The summed E-state index contributed by atoms with van der Waals surface area (Å²) in [5.74, 6) is 2.37. The Morgan fingerprint density at radius 2 is 2.08 bits per heavy atom. The van der Waals surface area contributed by atoms with Crippen LogP contribution >= 0.6 is 23.1 Å². The van der Waals surface area contributed by atoms with E-state index in [0.717, 1.165) is 49.4 Å². The number of amides is 1. The smallest absolute Gasteiger partial charge is 0.251 e. The molecule has 0 unspecified atom stereocenters. The fraction of sp³-hybridized carbons (Fsp3) is 0.556. The SMILES string of the molecule is O=C(NCC1(N2CCSCC2)CCOCC1)c1ccc2ncsc2c1. The van der Waals surface area contributed by atoms with Gasteiger partial charge in [-0.3, -0.25) is 9.69 Å². The molecule has 1 aromatic heterocycles. The Morgan fingerprint density at radius 1 is 1.28 bits per heavy atom. The van der Waals surface area contributed by atoms with Gasteiger partial charge in [0.1, 0.15) is 0 Å². The third-order valence-electron chi connectivity index (χ3n) is 5.28. The Morgan fingerprint density at radius 3 is 2.88 bits per heavy atom. The second kappa shape index (κ2) is 7.61. The second-order valence-corrected chi connectivity index (χ2v) is 8.76. The zero-order valence-electron chi connectivity index (χ0n) is 14.2. The molecule has 2 aromatic rings. The van der Waals surface area contributed by atoms with E-state index in [2.05, 4.69) is 15.2 Å². The molecule has 0 saturated carbocycles. The summed E-state index contributed by atoms with van der Waals surface area (Å²) in [6, 6.07) is 5.73. The number of fused-ring (bicyclic) bond motifs is 1. The van der Waals surface area contributed by atoms with Gasteiger partial charge in [-0.05, 0) is 31.0 Å². The molecule has 0 aliphatic carbocycles. The summed E-state index contributed by atoms with van der Waals surface area (Å²) < 4.78 is 6.65. The second-order valence-electron chi connectivity index (χ2n) is 6.65. The first-order chi connectivity index (χ1) is 12.3. The lowest BCUT2D eigenvalue weighted by molar-refractivity contribution is -0.0237. The molecule has 1 amide bonds. The number of thioether (sulfide) groups is 1. The van der Waals surface area contributed by atoms with E-state index in [0.29, 0.717) is 12.1 Å². The number of ether oxygens (including phenoxy) is 1. The van der Waals surface area contributed by atoms with Gasteiger partial charge in [-0.15, -0.1) is 11.3 Å². The lowest BCUT2D eigenvalue weighted by atomic mass is 9.87. The van der Waals surface area contributed by atoms with E-state index in [1.54, 1.807) is 11.3 Å². The first-order valence-electron chi connectivity index (χ1n) is 8.79. The first-order valence-corrected chi connectivity index (χ1v) is 10.8. The van der Waals surface area contributed by atoms with Crippen LogP contribution in [0.3, 0.4) is 0 Å². The minimum Gasteiger partial charge on any atom is -0.381 e. The molecule has 2 aliphatic heterocycles. The van der Waals surface area contributed by atoms with Gasteiger partial charge in [-0.1, -0.05) is 0 Å². The van der Waals surface area contributed by atoms with Gasteiger partial charge in [0, 0.05) is 55.5 Å². The lowest BCUT2D eigenvalue weighted by Crippen LogP contribution is -2.60. The maximum Gasteiger partial charge on any atom is 0.251 e. The van der Waals surface area contributed by atoms with Gasteiger partial charge in [0.25, 0.3) is 5.91 Å². The number of benzene rings is 1. The molecule has 1 aromatic carbocycles. The predicted molar refractivity (Wildman–Crippen MR) is 104 cm³/mol. The van der Waals surface area contributed by atoms with Crippen LogP contribution in [0.25, 0.3) is 10.2 Å². The molecule has 2 fully saturated rings. The highest BCUT2D eigenvalue weighted by Crippen LogP contribution is 2.30. The van der Waals surface area contributed by atoms with Crippen LogP contribution in [-0.4, -0.2) is 65.7 Å². The van der Waals surface area contributed by atoms with Crippen molar-refractivity contribution in [3.05, 3.63) is 29.3 Å². The summed E-state index contributed by atoms with van der Waals surface area (Å²) in [4.78, 5) is 19.6. The predicted octanol–water partition coefficient (Wildman–Crippen LogP) is 2.62. The third kappa shape index (κ3) is 3.69. The molecular weight excluding hydrogens is 354 g/mol. The van der Waals surface area contributed by atoms with Crippen LogP contribution in [0, 0.1) is 0 Å². The van der Waals surface area contributed by atoms with Crippen molar-refractivity contribution in [1.82, 2.24) is 15.2 Å². The summed E-state index contributed by atoms with van der Waals surface area (Å²) in [6.45, 7) is 4.47. The number of carbonyl (C=O) groups is 1. The highest BCUT2D eigenvalue weighted by Gasteiger charge is 2.39. The standard InChI is InChI=1S/C18H23N3O2S2/c22-17(14-1-2-15-16(11-14)25-13-20-15)19-12-18(3-7-23-8-4-18)21-5-9-24-10-6-21/h1-2,11,13H,3-10,12H2,(H,19,22). The van der Waals surface area contributed by atoms with Crippen molar-refractivity contribution in [3.8, 4) is 0 Å². The molecule has 5 nitrogen and oxygen atoms in total. The molecule has 0 radical (unpaired) electrons. The summed E-state index contributed by atoms with van der Waals surface area (Å²) in [5, 5.41) is 3.20. The quantitative estimate of drug-likeness (QED) is 0.888. The van der Waals surface area contributed by atoms with E-state index in [1.165, 1.54) is 11.5 Å². The van der Waals surface area contributed by atoms with E-state index in [-0.39, 0.29) is 11.4 Å². The molecule has 7 heteroatoms. The van der Waals surface area contributed by atoms with Gasteiger partial charge in [-0.25, -0.2) is 4.98 Å². The van der Waals surface area contributed by atoms with Gasteiger partial charge >= 0.3 is 0 Å². The number of hydrogen-bond donors (Lipinski definition) is 1. The molecule has 2 saturated heterocycles. The molecule has 2 aliphatic rings. The summed E-state index contributed by atoms with van der Waals surface area (Å²) in [5.41, 5.74) is 3.53. The molecule has 134 valence electrons. The number of rotatable bonds is 4. The zero-order valence-corrected chi connectivity index (χ0v) is 15.8. The fourth-order valence-corrected chi connectivity index (χ4v) is 5.36. The van der Waals surface area contributed by atoms with Crippen LogP contribution in [0.5, 0.6) is 0 Å². The van der Waals surface area contributed by atoms with Crippen LogP contribution in [-0.2, 0) is 4.74 Å². The lowest BCUT2D eigenvalue weighted by Gasteiger charge is -2.48. The number of nitrogens with zero attached hydrogens (tertiary/aromatic N) is 2. The highest BCUT2D eigenvalue weighted by atomic mass is 32.2. The van der Waals surface area contributed by atoms with Crippen LogP contribution in [0.4, 0.5) is 0 Å². The Kier molecular flexibility index (Phi) is 5.26. The number of carbonyl (C=O) groups excluding carboxylic acids is 1. The highest BCUT2D eigenvalue weighted by molar-refractivity contribution is 7.99. The van der Waals surface area contributed by atoms with Crippen molar-refractivity contribution in [2.45, 2.75) is 18.4 Å². The minimum absolute atomic E-state index is 0.00699. The Balaban J connectivity index is 1.47. The van der Waals surface area contributed by atoms with Crippen molar-refractivity contribution in [2.75, 3.05) is 44.4 Å². The van der Waals surface area contributed by atoms with Gasteiger partial charge < -0.3 is 10.1 Å². The van der Waals surface area contributed by atoms with E-state index in [9.17, 15) is 4.79 Å². The maximum absolute atomic E-state index is 12.7. The summed E-state index contributed by atoms with van der Waals surface area (Å²) >= 11 is 3.59. The molecule has 0 atom stereocenters. The molecule has 0 bridgehead atoms. The number of aromatic nitrogens is 1. The van der Waals surface area contributed by atoms with Crippen LogP contribution in [0.1, 0.15) is 23.2 Å². The number of hydrogen-bond acceptors (Lipinski definition) is 6. The Bertz CT molecular complexity index is 737. The molecule has 3 heterocycles. The van der Waals surface area contributed by atoms with Crippen LogP contribution in [0.15, 0.2) is 23.7 Å². The number of nitrogens with one attached hydrogen (secondary N) is 1. The summed E-state index contributed by atoms with van der Waals surface area (Å²) in [6.07, 6.45) is 1.98. The van der Waals surface area contributed by atoms with Gasteiger partial charge in [-0.2, -0.15) is 11.8 Å². The van der Waals surface area contributed by atoms with Crippen molar-refractivity contribution in [1.29, 1.82) is 0 Å². The Labute approximate surface area is 156 Å². The first kappa shape index (κ1) is 17.3. The normalized spacial score (nSPS) is 21.3. The van der Waals surface area contributed by atoms with Crippen LogP contribution < -0.4 is 5.32 Å². The minimum atomic E-state index is 0.00699. The van der Waals surface area contributed by atoms with Crippen molar-refractivity contribution in [3.63, 3.8) is 0 Å². The van der Waals surface area contributed by atoms with Gasteiger partial charge in [0.15, 0.2) is 0 Å². The molecular formula is C18H23N3O2S2. The molecule has 25 heavy (non-hydrogen) atoms. The maximum atomic E-state index is 12.7. The van der Waals surface area contributed by atoms with Crippen molar-refractivity contribution in [2.24, 2.45) is 0 Å². The fourth-order valence-electron chi connectivity index (χ4n) is 3.74. The monoisotopic (exact) mass is 377 g/mol. The molecule has 1 N–H and O–H groups in total. The van der Waals surface area contributed by atoms with Gasteiger partial charge in [0.2, 0.25) is 0 Å².